The third kappa shape index (κ3) is 3.36. The first-order valence-electron chi connectivity index (χ1n) is 8.64. The summed E-state index contributed by atoms with van der Waals surface area (Å²) in [5.41, 5.74) is 3.74. The van der Waals surface area contributed by atoms with Gasteiger partial charge >= 0.3 is 0 Å². The summed E-state index contributed by atoms with van der Waals surface area (Å²) < 4.78 is 5.40. The Hall–Kier alpha value is -2.99. The van der Waals surface area contributed by atoms with Crippen molar-refractivity contribution in [3.8, 4) is 11.4 Å². The van der Waals surface area contributed by atoms with Gasteiger partial charge in [-0.2, -0.15) is 0 Å². The smallest absolute Gasteiger partial charge is 0.241 e. The lowest BCUT2D eigenvalue weighted by Gasteiger charge is -2.21. The summed E-state index contributed by atoms with van der Waals surface area (Å²) in [4.78, 5) is 20.7. The van der Waals surface area contributed by atoms with Crippen LogP contribution in [-0.4, -0.2) is 41.1 Å². The van der Waals surface area contributed by atoms with E-state index in [1.165, 1.54) is 5.56 Å². The fraction of sp³-hybridized carbons (Fsp3) is 0.250. The SMILES string of the molecule is CN(CC(=O)N1CCc2ccccc21)Cc1cc(-c2ccccn2)no1. The van der Waals surface area contributed by atoms with E-state index in [0.29, 0.717) is 24.5 Å². The summed E-state index contributed by atoms with van der Waals surface area (Å²) in [6, 6.07) is 15.6. The highest BCUT2D eigenvalue weighted by Crippen LogP contribution is 2.27. The largest absolute Gasteiger partial charge is 0.359 e. The summed E-state index contributed by atoms with van der Waals surface area (Å²) in [5, 5.41) is 4.07. The Morgan fingerprint density at radius 2 is 2.04 bits per heavy atom. The van der Waals surface area contributed by atoms with Crippen molar-refractivity contribution >= 4 is 11.6 Å². The van der Waals surface area contributed by atoms with Gasteiger partial charge in [-0.1, -0.05) is 29.4 Å². The van der Waals surface area contributed by atoms with Crippen LogP contribution in [0.2, 0.25) is 0 Å². The molecule has 1 aliphatic heterocycles. The molecule has 3 aromatic rings. The van der Waals surface area contributed by atoms with E-state index in [1.54, 1.807) is 6.20 Å². The molecule has 0 aliphatic carbocycles. The molecule has 0 fully saturated rings. The number of hydrogen-bond acceptors (Lipinski definition) is 5. The number of pyridine rings is 1. The molecule has 132 valence electrons. The summed E-state index contributed by atoms with van der Waals surface area (Å²) in [7, 11) is 1.91. The quantitative estimate of drug-likeness (QED) is 0.709. The van der Waals surface area contributed by atoms with Crippen LogP contribution in [0.4, 0.5) is 5.69 Å². The van der Waals surface area contributed by atoms with Crippen LogP contribution in [0.15, 0.2) is 59.3 Å². The molecule has 6 nitrogen and oxygen atoms in total. The molecule has 1 aromatic carbocycles. The Labute approximate surface area is 152 Å². The lowest BCUT2D eigenvalue weighted by Crippen LogP contribution is -2.37. The van der Waals surface area contributed by atoms with Crippen molar-refractivity contribution in [2.45, 2.75) is 13.0 Å². The van der Waals surface area contributed by atoms with Crippen molar-refractivity contribution in [3.05, 3.63) is 66.1 Å². The lowest BCUT2D eigenvalue weighted by molar-refractivity contribution is -0.119. The number of hydrogen-bond donors (Lipinski definition) is 0. The molecule has 0 atom stereocenters. The number of anilines is 1. The van der Waals surface area contributed by atoms with Crippen LogP contribution in [0.3, 0.4) is 0 Å². The zero-order chi connectivity index (χ0) is 17.9. The Kier molecular flexibility index (Phi) is 4.50. The van der Waals surface area contributed by atoms with Gasteiger partial charge in [-0.25, -0.2) is 0 Å². The molecule has 6 heteroatoms. The number of nitrogens with zero attached hydrogens (tertiary/aromatic N) is 4. The van der Waals surface area contributed by atoms with Crippen LogP contribution >= 0.6 is 0 Å². The van der Waals surface area contributed by atoms with Crippen LogP contribution in [0.25, 0.3) is 11.4 Å². The molecule has 0 bridgehead atoms. The highest BCUT2D eigenvalue weighted by molar-refractivity contribution is 5.96. The summed E-state index contributed by atoms with van der Waals surface area (Å²) in [5.74, 6) is 0.810. The minimum absolute atomic E-state index is 0.0990. The molecule has 0 spiro atoms. The standard InChI is InChI=1S/C20H20N4O2/c1-23(13-16-12-18(22-26-16)17-7-4-5-10-21-17)14-20(25)24-11-9-15-6-2-3-8-19(15)24/h2-8,10,12H,9,11,13-14H2,1H3. The van der Waals surface area contributed by atoms with E-state index in [9.17, 15) is 4.79 Å². The topological polar surface area (TPSA) is 62.5 Å². The summed E-state index contributed by atoms with van der Waals surface area (Å²) >= 11 is 0. The number of fused-ring (bicyclic) bond motifs is 1. The van der Waals surface area contributed by atoms with Gasteiger partial charge in [-0.15, -0.1) is 0 Å². The van der Waals surface area contributed by atoms with Crippen LogP contribution in [0, 0.1) is 0 Å². The molecular weight excluding hydrogens is 328 g/mol. The van der Waals surface area contributed by atoms with Crippen molar-refractivity contribution < 1.29 is 9.32 Å². The normalized spacial score (nSPS) is 13.2. The van der Waals surface area contributed by atoms with Gasteiger partial charge in [-0.3, -0.25) is 14.7 Å². The molecule has 2 aromatic heterocycles. The second-order valence-corrected chi connectivity index (χ2v) is 6.49. The maximum Gasteiger partial charge on any atom is 0.241 e. The Morgan fingerprint density at radius 1 is 1.19 bits per heavy atom. The summed E-state index contributed by atoms with van der Waals surface area (Å²) in [6.07, 6.45) is 2.64. The van der Waals surface area contributed by atoms with Crippen LogP contribution in [0.1, 0.15) is 11.3 Å². The number of para-hydroxylation sites is 1. The fourth-order valence-corrected chi connectivity index (χ4v) is 3.26. The minimum Gasteiger partial charge on any atom is -0.359 e. The number of likely N-dealkylation sites (N-methyl/N-ethyl adjacent to an activating group) is 1. The maximum absolute atomic E-state index is 12.7. The average Bonchev–Trinajstić information content (AvgIpc) is 3.29. The third-order valence-electron chi connectivity index (χ3n) is 4.51. The second kappa shape index (κ2) is 7.09. The van der Waals surface area contributed by atoms with Crippen LogP contribution in [0.5, 0.6) is 0 Å². The molecule has 0 saturated heterocycles. The molecule has 4 rings (SSSR count). The number of rotatable bonds is 5. The second-order valence-electron chi connectivity index (χ2n) is 6.49. The van der Waals surface area contributed by atoms with Gasteiger partial charge in [0.15, 0.2) is 5.76 Å². The van der Waals surface area contributed by atoms with E-state index < -0.39 is 0 Å². The molecule has 3 heterocycles. The lowest BCUT2D eigenvalue weighted by atomic mass is 10.2. The van der Waals surface area contributed by atoms with Crippen molar-refractivity contribution in [1.29, 1.82) is 0 Å². The van der Waals surface area contributed by atoms with Crippen LogP contribution in [-0.2, 0) is 17.8 Å². The van der Waals surface area contributed by atoms with E-state index in [2.05, 4.69) is 16.2 Å². The zero-order valence-corrected chi connectivity index (χ0v) is 14.6. The number of amides is 1. The van der Waals surface area contributed by atoms with Crippen molar-refractivity contribution in [1.82, 2.24) is 15.0 Å². The highest BCUT2D eigenvalue weighted by atomic mass is 16.5. The van der Waals surface area contributed by atoms with Gasteiger partial charge in [0.2, 0.25) is 5.91 Å². The first kappa shape index (κ1) is 16.5. The fourth-order valence-electron chi connectivity index (χ4n) is 3.26. The molecule has 0 radical (unpaired) electrons. The van der Waals surface area contributed by atoms with Gasteiger partial charge in [0.1, 0.15) is 5.69 Å². The van der Waals surface area contributed by atoms with Gasteiger partial charge in [-0.05, 0) is 37.2 Å². The highest BCUT2D eigenvalue weighted by Gasteiger charge is 2.25. The van der Waals surface area contributed by atoms with E-state index in [4.69, 9.17) is 4.52 Å². The first-order chi connectivity index (χ1) is 12.7. The van der Waals surface area contributed by atoms with E-state index in [-0.39, 0.29) is 5.91 Å². The van der Waals surface area contributed by atoms with Gasteiger partial charge in [0.25, 0.3) is 0 Å². The number of carbonyl (C=O) groups is 1. The summed E-state index contributed by atoms with van der Waals surface area (Å²) in [6.45, 7) is 1.59. The van der Waals surface area contributed by atoms with Crippen molar-refractivity contribution in [2.24, 2.45) is 0 Å². The molecule has 0 unspecified atom stereocenters. The maximum atomic E-state index is 12.7. The average molecular weight is 348 g/mol. The molecular formula is C20H20N4O2. The molecule has 1 aliphatic rings. The number of aromatic nitrogens is 2. The zero-order valence-electron chi connectivity index (χ0n) is 14.6. The predicted molar refractivity (Wildman–Crippen MR) is 98.6 cm³/mol. The van der Waals surface area contributed by atoms with Gasteiger partial charge in [0.05, 0.1) is 18.8 Å². The monoisotopic (exact) mass is 348 g/mol. The molecule has 0 N–H and O–H groups in total. The number of benzene rings is 1. The van der Waals surface area contributed by atoms with Gasteiger partial charge in [0, 0.05) is 24.5 Å². The Bertz CT molecular complexity index is 907. The molecule has 1 amide bonds. The minimum atomic E-state index is 0.0990. The third-order valence-corrected chi connectivity index (χ3v) is 4.51. The Balaban J connectivity index is 1.38. The van der Waals surface area contributed by atoms with E-state index >= 15 is 0 Å². The first-order valence-corrected chi connectivity index (χ1v) is 8.64. The number of carbonyl (C=O) groups excluding carboxylic acids is 1. The molecule has 0 saturated carbocycles. The van der Waals surface area contributed by atoms with E-state index in [0.717, 1.165) is 24.3 Å². The van der Waals surface area contributed by atoms with Crippen LogP contribution < -0.4 is 4.90 Å². The van der Waals surface area contributed by atoms with Gasteiger partial charge < -0.3 is 9.42 Å². The van der Waals surface area contributed by atoms with Crippen molar-refractivity contribution in [2.75, 3.05) is 25.0 Å². The molecule has 26 heavy (non-hydrogen) atoms. The predicted octanol–water partition coefficient (Wildman–Crippen LogP) is 2.76. The van der Waals surface area contributed by atoms with Crippen molar-refractivity contribution in [3.63, 3.8) is 0 Å². The Morgan fingerprint density at radius 3 is 2.88 bits per heavy atom. The van der Waals surface area contributed by atoms with E-state index in [1.807, 2.05) is 59.3 Å².